The molecule has 0 spiro atoms. The molecule has 0 aliphatic heterocycles. The molecular weight excluding hydrogens is 840 g/mol. The minimum absolute atomic E-state index is 0.289. The van der Waals surface area contributed by atoms with Crippen molar-refractivity contribution in [1.29, 1.82) is 0 Å². The van der Waals surface area contributed by atoms with E-state index in [0.717, 1.165) is 0 Å². The van der Waals surface area contributed by atoms with Gasteiger partial charge in [-0.15, -0.1) is 0 Å². The molecule has 0 aromatic heterocycles. The zero-order chi connectivity index (χ0) is 45.4. The van der Waals surface area contributed by atoms with Gasteiger partial charge in [-0.05, 0) is 72.8 Å². The fourth-order valence-corrected chi connectivity index (χ4v) is 4.97. The van der Waals surface area contributed by atoms with E-state index in [1.54, 1.807) is 87.0 Å². The highest BCUT2D eigenvalue weighted by Gasteiger charge is 2.12. The summed E-state index contributed by atoms with van der Waals surface area (Å²) in [5.41, 5.74) is 0.683. The van der Waals surface area contributed by atoms with Crippen LogP contribution in [0.15, 0.2) is 72.8 Å². The van der Waals surface area contributed by atoms with Crippen LogP contribution in [0.1, 0.15) is 20.7 Å². The maximum absolute atomic E-state index is 12.7. The minimum atomic E-state index is -0.548. The minimum Gasteiger partial charge on any atom is -0.491 e. The van der Waals surface area contributed by atoms with Gasteiger partial charge in [-0.1, -0.05) is 0 Å². The van der Waals surface area contributed by atoms with Crippen molar-refractivity contribution in [3.63, 3.8) is 0 Å². The molecule has 0 fully saturated rings. The van der Waals surface area contributed by atoms with Gasteiger partial charge in [0, 0.05) is 14.2 Å². The van der Waals surface area contributed by atoms with Crippen LogP contribution >= 0.6 is 0 Å². The number of carbonyl (C=O) groups is 2. The average molecular weight is 907 g/mol. The average Bonchev–Trinajstić information content (AvgIpc) is 3.31. The summed E-state index contributed by atoms with van der Waals surface area (Å²) >= 11 is 0. The van der Waals surface area contributed by atoms with E-state index in [0.29, 0.717) is 181 Å². The molecule has 18 heteroatoms. The highest BCUT2D eigenvalue weighted by molar-refractivity contribution is 5.92. The van der Waals surface area contributed by atoms with Gasteiger partial charge in [0.1, 0.15) is 36.2 Å². The van der Waals surface area contributed by atoms with Gasteiger partial charge in [0.2, 0.25) is 0 Å². The van der Waals surface area contributed by atoms with E-state index in [-0.39, 0.29) is 11.5 Å². The van der Waals surface area contributed by atoms with Crippen molar-refractivity contribution < 1.29 is 85.4 Å². The van der Waals surface area contributed by atoms with Crippen LogP contribution in [-0.2, 0) is 56.8 Å². The quantitative estimate of drug-likeness (QED) is 0.0444. The predicted octanol–water partition coefficient (Wildman–Crippen LogP) is 4.34. The van der Waals surface area contributed by atoms with Gasteiger partial charge in [0.25, 0.3) is 0 Å². The topological polar surface area (TPSA) is 182 Å². The van der Waals surface area contributed by atoms with Crippen LogP contribution in [0.3, 0.4) is 0 Å². The molecule has 0 saturated carbocycles. The van der Waals surface area contributed by atoms with Crippen molar-refractivity contribution >= 4 is 11.9 Å². The van der Waals surface area contributed by atoms with Crippen LogP contribution in [0, 0.1) is 0 Å². The Morgan fingerprint density at radius 3 is 0.719 bits per heavy atom. The smallest absolute Gasteiger partial charge is 0.343 e. The Hall–Kier alpha value is -4.28. The highest BCUT2D eigenvalue weighted by Crippen LogP contribution is 2.21. The maximum Gasteiger partial charge on any atom is 0.343 e. The third kappa shape index (κ3) is 27.8. The number of benzene rings is 3. The van der Waals surface area contributed by atoms with Crippen molar-refractivity contribution in [2.24, 2.45) is 0 Å². The second kappa shape index (κ2) is 38.0. The summed E-state index contributed by atoms with van der Waals surface area (Å²) in [6.45, 7) is 11.4. The first-order chi connectivity index (χ1) is 31.6. The lowest BCUT2D eigenvalue weighted by atomic mass is 10.2. The first-order valence-corrected chi connectivity index (χ1v) is 21.3. The zero-order valence-corrected chi connectivity index (χ0v) is 37.2. The third-order valence-corrected chi connectivity index (χ3v) is 8.26. The summed E-state index contributed by atoms with van der Waals surface area (Å²) in [5, 5.41) is 0. The molecule has 0 N–H and O–H groups in total. The summed E-state index contributed by atoms with van der Waals surface area (Å²) in [6, 6.07) is 19.3. The Morgan fingerprint density at radius 2 is 0.484 bits per heavy atom. The van der Waals surface area contributed by atoms with E-state index >= 15 is 0 Å². The SMILES string of the molecule is COCCOCCOCCOCCOCCOCCOc1ccc(C(=O)Oc2ccc(OC(=O)c3ccc(OCCOCCOCCOCCOCCOCCOC)cc3)cc2)cc1. The van der Waals surface area contributed by atoms with Crippen molar-refractivity contribution in [3.8, 4) is 23.0 Å². The van der Waals surface area contributed by atoms with Gasteiger partial charge in [-0.2, -0.15) is 0 Å². The van der Waals surface area contributed by atoms with E-state index in [2.05, 4.69) is 0 Å². The maximum atomic E-state index is 12.7. The van der Waals surface area contributed by atoms with E-state index in [4.69, 9.17) is 75.8 Å². The van der Waals surface area contributed by atoms with Crippen molar-refractivity contribution in [3.05, 3.63) is 83.9 Å². The van der Waals surface area contributed by atoms with Gasteiger partial charge in [-0.3, -0.25) is 0 Å². The second-order valence-corrected chi connectivity index (χ2v) is 13.1. The number of hydrogen-bond donors (Lipinski definition) is 0. The lowest BCUT2D eigenvalue weighted by Crippen LogP contribution is -2.14. The van der Waals surface area contributed by atoms with Crippen LogP contribution in [-0.4, -0.2) is 185 Å². The molecule has 18 nitrogen and oxygen atoms in total. The van der Waals surface area contributed by atoms with Crippen molar-refractivity contribution in [2.45, 2.75) is 0 Å². The summed E-state index contributed by atoms with van der Waals surface area (Å²) in [6.07, 6.45) is 0. The molecule has 0 radical (unpaired) electrons. The van der Waals surface area contributed by atoms with E-state index < -0.39 is 11.9 Å². The lowest BCUT2D eigenvalue weighted by Gasteiger charge is -2.10. The summed E-state index contributed by atoms with van der Waals surface area (Å²) in [4.78, 5) is 25.4. The monoisotopic (exact) mass is 906 g/mol. The van der Waals surface area contributed by atoms with Gasteiger partial charge in [-0.25, -0.2) is 9.59 Å². The second-order valence-electron chi connectivity index (χ2n) is 13.1. The van der Waals surface area contributed by atoms with E-state index in [1.165, 1.54) is 0 Å². The largest absolute Gasteiger partial charge is 0.491 e. The molecule has 3 rings (SSSR count). The Morgan fingerprint density at radius 1 is 0.281 bits per heavy atom. The van der Waals surface area contributed by atoms with Crippen LogP contribution in [0.25, 0.3) is 0 Å². The van der Waals surface area contributed by atoms with Gasteiger partial charge in [0.15, 0.2) is 0 Å². The molecular formula is C46H66O18. The molecule has 0 aliphatic rings. The highest BCUT2D eigenvalue weighted by atomic mass is 16.6. The first-order valence-electron chi connectivity index (χ1n) is 21.3. The molecule has 64 heavy (non-hydrogen) atoms. The number of esters is 2. The Balaban J connectivity index is 1.15. The summed E-state index contributed by atoms with van der Waals surface area (Å²) < 4.78 is 86.6. The number of ether oxygens (including phenoxy) is 16. The molecule has 3 aromatic carbocycles. The molecule has 3 aromatic rings. The molecule has 0 amide bonds. The number of hydrogen-bond acceptors (Lipinski definition) is 18. The molecule has 0 saturated heterocycles. The van der Waals surface area contributed by atoms with Crippen molar-refractivity contribution in [2.75, 3.05) is 173 Å². The summed E-state index contributed by atoms with van der Waals surface area (Å²) in [7, 11) is 3.27. The molecule has 358 valence electrons. The van der Waals surface area contributed by atoms with Crippen LogP contribution in [0.2, 0.25) is 0 Å². The molecule has 0 bridgehead atoms. The standard InChI is InChI=1S/C46H66O18/c1-49-15-17-51-19-21-53-23-25-55-27-29-57-31-33-59-35-37-61-41-7-3-39(4-8-41)45(47)63-43-11-13-44(14-12-43)64-46(48)40-5-9-42(10-6-40)62-38-36-60-34-32-58-30-28-56-26-24-54-22-20-52-18-16-50-2/h3-14H,15-38H2,1-2H3. The number of carbonyl (C=O) groups excluding carboxylic acids is 2. The Labute approximate surface area is 376 Å². The van der Waals surface area contributed by atoms with Gasteiger partial charge >= 0.3 is 11.9 Å². The van der Waals surface area contributed by atoms with Crippen LogP contribution < -0.4 is 18.9 Å². The van der Waals surface area contributed by atoms with Crippen LogP contribution in [0.5, 0.6) is 23.0 Å². The first kappa shape index (κ1) is 54.1. The molecule has 0 unspecified atom stereocenters. The van der Waals surface area contributed by atoms with E-state index in [1.807, 2.05) is 0 Å². The van der Waals surface area contributed by atoms with Gasteiger partial charge < -0.3 is 75.8 Å². The fraction of sp³-hybridized carbons (Fsp3) is 0.565. The number of methoxy groups -OCH3 is 2. The molecule has 0 atom stereocenters. The fourth-order valence-electron chi connectivity index (χ4n) is 4.97. The molecule has 0 aliphatic carbocycles. The predicted molar refractivity (Wildman–Crippen MR) is 232 cm³/mol. The number of rotatable bonds is 42. The normalized spacial score (nSPS) is 11.2. The van der Waals surface area contributed by atoms with Gasteiger partial charge in [0.05, 0.1) is 156 Å². The molecule has 0 heterocycles. The summed E-state index contributed by atoms with van der Waals surface area (Å²) in [5.74, 6) is 0.650. The zero-order valence-electron chi connectivity index (χ0n) is 37.2. The van der Waals surface area contributed by atoms with E-state index in [9.17, 15) is 9.59 Å². The van der Waals surface area contributed by atoms with Crippen LogP contribution in [0.4, 0.5) is 0 Å². The third-order valence-electron chi connectivity index (χ3n) is 8.26. The van der Waals surface area contributed by atoms with Crippen molar-refractivity contribution in [1.82, 2.24) is 0 Å². The lowest BCUT2D eigenvalue weighted by molar-refractivity contribution is -0.0159. The Bertz CT molecular complexity index is 1440. The Kier molecular flexibility index (Phi) is 32.1.